The molecule has 0 fully saturated rings. The second-order valence-electron chi connectivity index (χ2n) is 8.42. The number of rotatable bonds is 9. The van der Waals surface area contributed by atoms with E-state index in [-0.39, 0.29) is 5.91 Å². The van der Waals surface area contributed by atoms with E-state index in [0.717, 1.165) is 46.2 Å². The highest BCUT2D eigenvalue weighted by Gasteiger charge is 2.21. The van der Waals surface area contributed by atoms with Crippen LogP contribution in [0.4, 0.5) is 0 Å². The predicted molar refractivity (Wildman–Crippen MR) is 140 cm³/mol. The number of hydrogen-bond donors (Lipinski definition) is 1. The van der Waals surface area contributed by atoms with Gasteiger partial charge < -0.3 is 14.6 Å². The van der Waals surface area contributed by atoms with Crippen molar-refractivity contribution in [1.82, 2.24) is 14.9 Å². The molecule has 34 heavy (non-hydrogen) atoms. The Morgan fingerprint density at radius 1 is 1.12 bits per heavy atom. The number of thiazole rings is 1. The number of aromatic nitrogens is 2. The van der Waals surface area contributed by atoms with Gasteiger partial charge in [0.25, 0.3) is 5.91 Å². The van der Waals surface area contributed by atoms with Gasteiger partial charge >= 0.3 is 0 Å². The molecule has 0 aliphatic rings. The summed E-state index contributed by atoms with van der Waals surface area (Å²) in [5.41, 5.74) is 6.99. The minimum atomic E-state index is -0.0265. The molecule has 0 aliphatic heterocycles. The molecule has 2 aromatic heterocycles. The summed E-state index contributed by atoms with van der Waals surface area (Å²) in [6, 6.07) is 18.3. The second kappa shape index (κ2) is 10.7. The third-order valence-corrected chi connectivity index (χ3v) is 7.01. The Hall–Kier alpha value is -3.38. The third kappa shape index (κ3) is 5.07. The van der Waals surface area contributed by atoms with Gasteiger partial charge in [0.1, 0.15) is 10.8 Å². The number of ether oxygens (including phenoxy) is 1. The molecule has 2 heterocycles. The van der Waals surface area contributed by atoms with Crippen molar-refractivity contribution in [2.75, 3.05) is 13.7 Å². The van der Waals surface area contributed by atoms with Crippen LogP contribution >= 0.6 is 11.3 Å². The van der Waals surface area contributed by atoms with E-state index in [4.69, 9.17) is 9.72 Å². The first-order valence-electron chi connectivity index (χ1n) is 11.6. The number of hydrogen-bond acceptors (Lipinski definition) is 4. The maximum Gasteiger partial charge on any atom is 0.253 e. The van der Waals surface area contributed by atoms with Crippen LogP contribution < -0.4 is 10.1 Å². The number of methoxy groups -OCH3 is 1. The fourth-order valence-corrected chi connectivity index (χ4v) is 4.80. The van der Waals surface area contributed by atoms with Gasteiger partial charge in [-0.2, -0.15) is 0 Å². The molecule has 0 bridgehead atoms. The van der Waals surface area contributed by atoms with Gasteiger partial charge in [0.05, 0.1) is 24.1 Å². The number of unbranched alkanes of at least 4 members (excludes halogenated alkanes) is 1. The smallest absolute Gasteiger partial charge is 0.253 e. The third-order valence-electron chi connectivity index (χ3n) is 6.12. The van der Waals surface area contributed by atoms with Crippen LogP contribution in [0.15, 0.2) is 60.0 Å². The summed E-state index contributed by atoms with van der Waals surface area (Å²) in [5, 5.41) is 6.08. The van der Waals surface area contributed by atoms with Crippen LogP contribution in [0.1, 0.15) is 46.9 Å². The van der Waals surface area contributed by atoms with Gasteiger partial charge in [0, 0.05) is 29.7 Å². The van der Waals surface area contributed by atoms with E-state index in [1.54, 1.807) is 18.4 Å². The molecule has 0 radical (unpaired) electrons. The number of carbonyl (C=O) groups is 1. The van der Waals surface area contributed by atoms with Crippen LogP contribution in [-0.4, -0.2) is 29.1 Å². The lowest BCUT2D eigenvalue weighted by Gasteiger charge is -2.13. The van der Waals surface area contributed by atoms with E-state index in [1.807, 2.05) is 37.3 Å². The number of nitrogens with one attached hydrogen (secondary N) is 1. The molecule has 5 nitrogen and oxygen atoms in total. The summed E-state index contributed by atoms with van der Waals surface area (Å²) in [6.07, 6.45) is 2.02. The molecule has 0 saturated heterocycles. The van der Waals surface area contributed by atoms with E-state index in [0.29, 0.717) is 18.7 Å². The van der Waals surface area contributed by atoms with Gasteiger partial charge in [-0.15, -0.1) is 11.3 Å². The fraction of sp³-hybridized carbons (Fsp3) is 0.286. The number of amides is 1. The molecule has 4 rings (SSSR count). The molecule has 1 amide bonds. The summed E-state index contributed by atoms with van der Waals surface area (Å²) >= 11 is 1.60. The Labute approximate surface area is 205 Å². The highest BCUT2D eigenvalue weighted by molar-refractivity contribution is 7.13. The van der Waals surface area contributed by atoms with Gasteiger partial charge in [0.2, 0.25) is 0 Å². The summed E-state index contributed by atoms with van der Waals surface area (Å²) in [5.74, 6) is 0.795. The standard InChI is InChI=1S/C28H31N3O2S/c1-5-6-15-29-27(32)24-16-26(31(20(24)3)17-22-10-8-7-9-19(22)2)25-18-34-28(30-25)21-11-13-23(33-4)14-12-21/h7-14,16,18H,5-6,15,17H2,1-4H3,(H,29,32). The van der Waals surface area contributed by atoms with Crippen LogP contribution in [-0.2, 0) is 6.54 Å². The zero-order chi connectivity index (χ0) is 24.1. The van der Waals surface area contributed by atoms with Crippen molar-refractivity contribution in [3.8, 4) is 27.7 Å². The average molecular weight is 474 g/mol. The molecule has 0 saturated carbocycles. The molecule has 4 aromatic rings. The lowest BCUT2D eigenvalue weighted by atomic mass is 10.1. The van der Waals surface area contributed by atoms with E-state index in [1.165, 1.54) is 11.1 Å². The number of benzene rings is 2. The predicted octanol–water partition coefficient (Wildman–Crippen LogP) is 6.48. The molecule has 0 atom stereocenters. The zero-order valence-corrected chi connectivity index (χ0v) is 21.0. The SMILES string of the molecule is CCCCNC(=O)c1cc(-c2csc(-c3ccc(OC)cc3)n2)n(Cc2ccccc2C)c1C. The minimum Gasteiger partial charge on any atom is -0.497 e. The van der Waals surface area contributed by atoms with Gasteiger partial charge in [-0.3, -0.25) is 4.79 Å². The first kappa shape index (κ1) is 23.8. The van der Waals surface area contributed by atoms with E-state index < -0.39 is 0 Å². The molecule has 0 aliphatic carbocycles. The molecule has 1 N–H and O–H groups in total. The van der Waals surface area contributed by atoms with Crippen LogP contribution in [0, 0.1) is 13.8 Å². The van der Waals surface area contributed by atoms with Gasteiger partial charge in [-0.1, -0.05) is 37.6 Å². The molecular weight excluding hydrogens is 442 g/mol. The van der Waals surface area contributed by atoms with Crippen LogP contribution in [0.3, 0.4) is 0 Å². The van der Waals surface area contributed by atoms with Gasteiger partial charge in [-0.25, -0.2) is 4.98 Å². The zero-order valence-electron chi connectivity index (χ0n) is 20.2. The minimum absolute atomic E-state index is 0.0265. The average Bonchev–Trinajstić information content (AvgIpc) is 3.46. The summed E-state index contributed by atoms with van der Waals surface area (Å²) < 4.78 is 7.49. The Kier molecular flexibility index (Phi) is 7.48. The highest BCUT2D eigenvalue weighted by Crippen LogP contribution is 2.33. The van der Waals surface area contributed by atoms with Crippen molar-refractivity contribution in [1.29, 1.82) is 0 Å². The lowest BCUT2D eigenvalue weighted by molar-refractivity contribution is 0.0952. The maximum atomic E-state index is 13.0. The molecule has 2 aromatic carbocycles. The Morgan fingerprint density at radius 3 is 2.59 bits per heavy atom. The fourth-order valence-electron chi connectivity index (χ4n) is 3.98. The normalized spacial score (nSPS) is 10.9. The van der Waals surface area contributed by atoms with E-state index in [9.17, 15) is 4.79 Å². The van der Waals surface area contributed by atoms with Crippen LogP contribution in [0.25, 0.3) is 22.0 Å². The van der Waals surface area contributed by atoms with E-state index in [2.05, 4.69) is 53.4 Å². The summed E-state index contributed by atoms with van der Waals surface area (Å²) in [6.45, 7) is 7.64. The van der Waals surface area contributed by atoms with Crippen molar-refractivity contribution in [2.24, 2.45) is 0 Å². The van der Waals surface area contributed by atoms with Crippen molar-refractivity contribution in [3.05, 3.63) is 82.4 Å². The first-order valence-corrected chi connectivity index (χ1v) is 12.5. The van der Waals surface area contributed by atoms with Gasteiger partial charge in [0.15, 0.2) is 0 Å². The summed E-state index contributed by atoms with van der Waals surface area (Å²) in [4.78, 5) is 17.9. The largest absolute Gasteiger partial charge is 0.497 e. The van der Waals surface area contributed by atoms with Crippen LogP contribution in [0.5, 0.6) is 5.75 Å². The van der Waals surface area contributed by atoms with Crippen LogP contribution in [0.2, 0.25) is 0 Å². The van der Waals surface area contributed by atoms with E-state index >= 15 is 0 Å². The lowest BCUT2D eigenvalue weighted by Crippen LogP contribution is -2.24. The quantitative estimate of drug-likeness (QED) is 0.283. The Morgan fingerprint density at radius 2 is 1.88 bits per heavy atom. The van der Waals surface area contributed by atoms with Crippen molar-refractivity contribution in [3.63, 3.8) is 0 Å². The van der Waals surface area contributed by atoms with Crippen molar-refractivity contribution >= 4 is 17.2 Å². The molecule has 0 unspecified atom stereocenters. The molecular formula is C28H31N3O2S. The highest BCUT2D eigenvalue weighted by atomic mass is 32.1. The maximum absolute atomic E-state index is 13.0. The first-order chi connectivity index (χ1) is 16.5. The molecule has 176 valence electrons. The topological polar surface area (TPSA) is 56.1 Å². The molecule has 6 heteroatoms. The number of carbonyl (C=O) groups excluding carboxylic acids is 1. The van der Waals surface area contributed by atoms with Crippen molar-refractivity contribution in [2.45, 2.75) is 40.2 Å². The molecule has 0 spiro atoms. The summed E-state index contributed by atoms with van der Waals surface area (Å²) in [7, 11) is 1.66. The second-order valence-corrected chi connectivity index (χ2v) is 9.28. The Balaban J connectivity index is 1.73. The number of nitrogens with zero attached hydrogens (tertiary/aromatic N) is 2. The Bertz CT molecular complexity index is 1270. The monoisotopic (exact) mass is 473 g/mol. The number of aryl methyl sites for hydroxylation is 1. The van der Waals surface area contributed by atoms with Gasteiger partial charge in [-0.05, 0) is 61.7 Å². The van der Waals surface area contributed by atoms with Crippen molar-refractivity contribution < 1.29 is 9.53 Å².